The minimum atomic E-state index is 0.453. The molecular formula is C19H22N4S. The van der Waals surface area contributed by atoms with Crippen LogP contribution in [0.3, 0.4) is 0 Å². The molecule has 5 heteroatoms. The smallest absolute Gasteiger partial charge is 0.139 e. The molecule has 24 heavy (non-hydrogen) atoms. The number of anilines is 1. The summed E-state index contributed by atoms with van der Waals surface area (Å²) in [5, 5.41) is 1.07. The summed E-state index contributed by atoms with van der Waals surface area (Å²) in [6.07, 6.45) is 7.92. The van der Waals surface area contributed by atoms with Crippen LogP contribution in [0.4, 0.5) is 5.82 Å². The molecule has 1 saturated heterocycles. The number of fused-ring (bicyclic) bond motifs is 2. The van der Waals surface area contributed by atoms with Gasteiger partial charge in [0.05, 0.1) is 6.17 Å². The number of aromatic nitrogens is 2. The summed E-state index contributed by atoms with van der Waals surface area (Å²) >= 11 is 1.73. The highest BCUT2D eigenvalue weighted by Gasteiger charge is 2.35. The Kier molecular flexibility index (Phi) is 4.54. The first-order chi connectivity index (χ1) is 11.9. The zero-order chi connectivity index (χ0) is 16.4. The van der Waals surface area contributed by atoms with Crippen LogP contribution in [0.25, 0.3) is 0 Å². The van der Waals surface area contributed by atoms with Crippen molar-refractivity contribution in [1.82, 2.24) is 14.9 Å². The summed E-state index contributed by atoms with van der Waals surface area (Å²) in [6.45, 7) is 6.88. The van der Waals surface area contributed by atoms with Gasteiger partial charge in [-0.15, -0.1) is 6.58 Å². The van der Waals surface area contributed by atoms with Crippen LogP contribution in [0.2, 0.25) is 0 Å². The molecule has 1 unspecified atom stereocenters. The van der Waals surface area contributed by atoms with Gasteiger partial charge < -0.3 is 4.90 Å². The Labute approximate surface area is 147 Å². The minimum absolute atomic E-state index is 0.453. The Morgan fingerprint density at radius 3 is 2.92 bits per heavy atom. The van der Waals surface area contributed by atoms with E-state index >= 15 is 0 Å². The van der Waals surface area contributed by atoms with Crippen LogP contribution >= 0.6 is 11.8 Å². The minimum Gasteiger partial charge on any atom is -0.337 e. The lowest BCUT2D eigenvalue weighted by molar-refractivity contribution is 0.124. The van der Waals surface area contributed by atoms with Crippen molar-refractivity contribution in [3.63, 3.8) is 0 Å². The van der Waals surface area contributed by atoms with E-state index < -0.39 is 0 Å². The lowest BCUT2D eigenvalue weighted by Gasteiger charge is -2.47. The van der Waals surface area contributed by atoms with Crippen LogP contribution in [-0.2, 0) is 6.54 Å². The van der Waals surface area contributed by atoms with Crippen molar-refractivity contribution in [2.75, 3.05) is 18.0 Å². The molecule has 1 fully saturated rings. The van der Waals surface area contributed by atoms with Crippen molar-refractivity contribution < 1.29 is 0 Å². The molecule has 0 aliphatic carbocycles. The van der Waals surface area contributed by atoms with Gasteiger partial charge in [0, 0.05) is 30.1 Å². The SMILES string of the molecule is C=CCN1c2ncnc(Sc3ccccc3)c2CN2CCCCC21. The van der Waals surface area contributed by atoms with E-state index in [0.29, 0.717) is 6.17 Å². The highest BCUT2D eigenvalue weighted by Crippen LogP contribution is 2.39. The third-order valence-electron chi connectivity index (χ3n) is 4.74. The average Bonchev–Trinajstić information content (AvgIpc) is 2.63. The summed E-state index contributed by atoms with van der Waals surface area (Å²) < 4.78 is 0. The van der Waals surface area contributed by atoms with E-state index in [1.54, 1.807) is 18.1 Å². The molecule has 2 aliphatic rings. The maximum Gasteiger partial charge on any atom is 0.139 e. The lowest BCUT2D eigenvalue weighted by Crippen LogP contribution is -2.54. The summed E-state index contributed by atoms with van der Waals surface area (Å²) in [5.41, 5.74) is 1.26. The molecule has 2 aliphatic heterocycles. The fourth-order valence-corrected chi connectivity index (χ4v) is 4.56. The molecule has 0 amide bonds. The number of rotatable bonds is 4. The van der Waals surface area contributed by atoms with Crippen molar-refractivity contribution in [2.24, 2.45) is 0 Å². The largest absolute Gasteiger partial charge is 0.337 e. The van der Waals surface area contributed by atoms with Crippen LogP contribution in [0.15, 0.2) is 59.2 Å². The predicted molar refractivity (Wildman–Crippen MR) is 98.2 cm³/mol. The van der Waals surface area contributed by atoms with E-state index in [1.165, 1.54) is 29.7 Å². The first-order valence-corrected chi connectivity index (χ1v) is 9.37. The Morgan fingerprint density at radius 2 is 2.08 bits per heavy atom. The maximum absolute atomic E-state index is 4.64. The molecule has 1 aromatic carbocycles. The van der Waals surface area contributed by atoms with Crippen LogP contribution in [-0.4, -0.2) is 34.1 Å². The zero-order valence-corrected chi connectivity index (χ0v) is 14.6. The van der Waals surface area contributed by atoms with Crippen LogP contribution in [0.5, 0.6) is 0 Å². The van der Waals surface area contributed by atoms with Gasteiger partial charge in [-0.2, -0.15) is 0 Å². The standard InChI is InChI=1S/C19H22N4S/c1-2-11-23-17-10-6-7-12-22(17)13-16-18(23)20-14-21-19(16)24-15-8-4-3-5-9-15/h2-5,8-9,14,17H,1,6-7,10-13H2. The summed E-state index contributed by atoms with van der Waals surface area (Å²) in [6, 6.07) is 10.4. The summed E-state index contributed by atoms with van der Waals surface area (Å²) in [5.74, 6) is 1.09. The van der Waals surface area contributed by atoms with Gasteiger partial charge in [0.15, 0.2) is 0 Å². The molecule has 0 saturated carbocycles. The van der Waals surface area contributed by atoms with Gasteiger partial charge in [-0.3, -0.25) is 4.90 Å². The van der Waals surface area contributed by atoms with Crippen molar-refractivity contribution in [2.45, 2.75) is 41.9 Å². The van der Waals surface area contributed by atoms with Gasteiger partial charge >= 0.3 is 0 Å². The zero-order valence-electron chi connectivity index (χ0n) is 13.8. The van der Waals surface area contributed by atoms with Gasteiger partial charge in [0.1, 0.15) is 17.2 Å². The second-order valence-corrected chi connectivity index (χ2v) is 7.35. The fraction of sp³-hybridized carbons (Fsp3) is 0.368. The normalized spacial score (nSPS) is 20.3. The molecular weight excluding hydrogens is 316 g/mol. The van der Waals surface area contributed by atoms with Gasteiger partial charge in [-0.05, 0) is 31.4 Å². The van der Waals surface area contributed by atoms with Gasteiger partial charge in [0.25, 0.3) is 0 Å². The van der Waals surface area contributed by atoms with E-state index in [-0.39, 0.29) is 0 Å². The van der Waals surface area contributed by atoms with Crippen molar-refractivity contribution in [1.29, 1.82) is 0 Å². The Bertz CT molecular complexity index is 719. The first kappa shape index (κ1) is 15.7. The lowest BCUT2D eigenvalue weighted by atomic mass is 10.0. The Hall–Kier alpha value is -1.85. The molecule has 0 N–H and O–H groups in total. The molecule has 1 atom stereocenters. The first-order valence-electron chi connectivity index (χ1n) is 8.55. The van der Waals surface area contributed by atoms with Crippen molar-refractivity contribution >= 4 is 17.6 Å². The highest BCUT2D eigenvalue weighted by molar-refractivity contribution is 7.99. The second-order valence-electron chi connectivity index (χ2n) is 6.28. The fourth-order valence-electron chi connectivity index (χ4n) is 3.66. The molecule has 4 rings (SSSR count). The summed E-state index contributed by atoms with van der Waals surface area (Å²) in [7, 11) is 0. The van der Waals surface area contributed by atoms with Crippen LogP contribution < -0.4 is 4.90 Å². The Balaban J connectivity index is 1.72. The van der Waals surface area contributed by atoms with Crippen LogP contribution in [0, 0.1) is 0 Å². The number of nitrogens with zero attached hydrogens (tertiary/aromatic N) is 4. The van der Waals surface area contributed by atoms with Crippen LogP contribution in [0.1, 0.15) is 24.8 Å². The molecule has 1 aromatic heterocycles. The van der Waals surface area contributed by atoms with Crippen molar-refractivity contribution in [3.8, 4) is 0 Å². The predicted octanol–water partition coefficient (Wildman–Crippen LogP) is 3.95. The molecule has 4 nitrogen and oxygen atoms in total. The van der Waals surface area contributed by atoms with E-state index in [9.17, 15) is 0 Å². The molecule has 0 spiro atoms. The number of benzene rings is 1. The van der Waals surface area contributed by atoms with E-state index in [2.05, 4.69) is 50.6 Å². The topological polar surface area (TPSA) is 32.3 Å². The maximum atomic E-state index is 4.64. The number of hydrogen-bond donors (Lipinski definition) is 0. The molecule has 3 heterocycles. The third-order valence-corrected chi connectivity index (χ3v) is 5.79. The van der Waals surface area contributed by atoms with E-state index in [4.69, 9.17) is 0 Å². The van der Waals surface area contributed by atoms with Gasteiger partial charge in [-0.25, -0.2) is 9.97 Å². The highest BCUT2D eigenvalue weighted by atomic mass is 32.2. The van der Waals surface area contributed by atoms with Gasteiger partial charge in [-0.1, -0.05) is 36.0 Å². The molecule has 0 bridgehead atoms. The van der Waals surface area contributed by atoms with Gasteiger partial charge in [0.2, 0.25) is 0 Å². The monoisotopic (exact) mass is 338 g/mol. The average molecular weight is 338 g/mol. The van der Waals surface area contributed by atoms with E-state index in [0.717, 1.165) is 30.5 Å². The molecule has 124 valence electrons. The Morgan fingerprint density at radius 1 is 1.21 bits per heavy atom. The number of hydrogen-bond acceptors (Lipinski definition) is 5. The van der Waals surface area contributed by atoms with E-state index in [1.807, 2.05) is 12.1 Å². The molecule has 0 radical (unpaired) electrons. The number of piperidine rings is 1. The third kappa shape index (κ3) is 2.94. The summed E-state index contributed by atoms with van der Waals surface area (Å²) in [4.78, 5) is 15.4. The second kappa shape index (κ2) is 6.95. The quantitative estimate of drug-likeness (QED) is 0.623. The molecule has 2 aromatic rings. The van der Waals surface area contributed by atoms with Crippen molar-refractivity contribution in [3.05, 3.63) is 54.9 Å².